The van der Waals surface area contributed by atoms with Crippen LogP contribution in [-0.4, -0.2) is 10.9 Å². The smallest absolute Gasteiger partial charge is 0.261 e. The SMILES string of the molecule is CCCCC(NC(=O)c1ccc(C)s1)c1cccnc1. The molecular weight excluding hydrogens is 268 g/mol. The second-order valence-corrected chi connectivity index (χ2v) is 6.15. The van der Waals surface area contributed by atoms with Crippen molar-refractivity contribution in [2.45, 2.75) is 39.2 Å². The highest BCUT2D eigenvalue weighted by Gasteiger charge is 2.16. The molecule has 2 aromatic heterocycles. The first-order valence-corrected chi connectivity index (χ1v) is 7.79. The number of aromatic nitrogens is 1. The molecule has 2 rings (SSSR count). The third kappa shape index (κ3) is 3.90. The van der Waals surface area contributed by atoms with E-state index in [-0.39, 0.29) is 11.9 Å². The molecule has 0 bridgehead atoms. The normalized spacial score (nSPS) is 12.1. The Labute approximate surface area is 124 Å². The highest BCUT2D eigenvalue weighted by molar-refractivity contribution is 7.13. The highest BCUT2D eigenvalue weighted by atomic mass is 32.1. The number of carbonyl (C=O) groups excluding carboxylic acids is 1. The zero-order valence-electron chi connectivity index (χ0n) is 11.9. The lowest BCUT2D eigenvalue weighted by Gasteiger charge is -2.18. The van der Waals surface area contributed by atoms with Gasteiger partial charge < -0.3 is 5.32 Å². The van der Waals surface area contributed by atoms with Crippen molar-refractivity contribution in [3.05, 3.63) is 52.0 Å². The monoisotopic (exact) mass is 288 g/mol. The van der Waals surface area contributed by atoms with Gasteiger partial charge in [0.25, 0.3) is 5.91 Å². The molecule has 3 nitrogen and oxygen atoms in total. The Bertz CT molecular complexity index is 551. The molecule has 0 saturated carbocycles. The quantitative estimate of drug-likeness (QED) is 0.869. The van der Waals surface area contributed by atoms with E-state index < -0.39 is 0 Å². The number of nitrogens with one attached hydrogen (secondary N) is 1. The van der Waals surface area contributed by atoms with E-state index in [4.69, 9.17) is 0 Å². The van der Waals surface area contributed by atoms with E-state index in [1.807, 2.05) is 37.4 Å². The molecule has 2 aromatic rings. The largest absolute Gasteiger partial charge is 0.344 e. The number of rotatable bonds is 6. The summed E-state index contributed by atoms with van der Waals surface area (Å²) in [5.41, 5.74) is 1.07. The lowest BCUT2D eigenvalue weighted by atomic mass is 10.0. The fourth-order valence-corrected chi connectivity index (χ4v) is 2.87. The first-order chi connectivity index (χ1) is 9.70. The van der Waals surface area contributed by atoms with Crippen molar-refractivity contribution < 1.29 is 4.79 Å². The maximum absolute atomic E-state index is 12.3. The van der Waals surface area contributed by atoms with Gasteiger partial charge in [-0.05, 0) is 37.1 Å². The van der Waals surface area contributed by atoms with Crippen LogP contribution in [0.2, 0.25) is 0 Å². The third-order valence-corrected chi connectivity index (χ3v) is 4.20. The summed E-state index contributed by atoms with van der Waals surface area (Å²) < 4.78 is 0. The van der Waals surface area contributed by atoms with Gasteiger partial charge in [0.2, 0.25) is 0 Å². The number of aryl methyl sites for hydroxylation is 1. The van der Waals surface area contributed by atoms with E-state index in [0.29, 0.717) is 0 Å². The lowest BCUT2D eigenvalue weighted by molar-refractivity contribution is 0.0938. The molecule has 1 unspecified atom stereocenters. The maximum atomic E-state index is 12.3. The van der Waals surface area contributed by atoms with Crippen LogP contribution >= 0.6 is 11.3 Å². The zero-order chi connectivity index (χ0) is 14.4. The van der Waals surface area contributed by atoms with Crippen molar-refractivity contribution in [2.75, 3.05) is 0 Å². The third-order valence-electron chi connectivity index (χ3n) is 3.20. The molecule has 0 saturated heterocycles. The van der Waals surface area contributed by atoms with Crippen LogP contribution in [-0.2, 0) is 0 Å². The summed E-state index contributed by atoms with van der Waals surface area (Å²) in [6, 6.07) is 7.84. The minimum Gasteiger partial charge on any atom is -0.344 e. The van der Waals surface area contributed by atoms with Crippen LogP contribution in [0.4, 0.5) is 0 Å². The van der Waals surface area contributed by atoms with Gasteiger partial charge in [0, 0.05) is 17.3 Å². The van der Waals surface area contributed by atoms with Crippen LogP contribution in [0.3, 0.4) is 0 Å². The molecule has 20 heavy (non-hydrogen) atoms. The fraction of sp³-hybridized carbons (Fsp3) is 0.375. The Morgan fingerprint density at radius 3 is 2.85 bits per heavy atom. The minimum atomic E-state index is 0.00746. The zero-order valence-corrected chi connectivity index (χ0v) is 12.7. The summed E-state index contributed by atoms with van der Waals surface area (Å²) in [5.74, 6) is 0.00746. The number of carbonyl (C=O) groups is 1. The molecule has 0 aliphatic carbocycles. The van der Waals surface area contributed by atoms with Crippen molar-refractivity contribution in [3.8, 4) is 0 Å². The number of nitrogens with zero attached hydrogens (tertiary/aromatic N) is 1. The topological polar surface area (TPSA) is 42.0 Å². The van der Waals surface area contributed by atoms with Gasteiger partial charge in [-0.3, -0.25) is 9.78 Å². The van der Waals surface area contributed by atoms with E-state index >= 15 is 0 Å². The van der Waals surface area contributed by atoms with Gasteiger partial charge in [0.15, 0.2) is 0 Å². The van der Waals surface area contributed by atoms with E-state index in [0.717, 1.165) is 34.6 Å². The molecule has 2 heterocycles. The van der Waals surface area contributed by atoms with E-state index in [9.17, 15) is 4.79 Å². The standard InChI is InChI=1S/C16H20N2OS/c1-3-4-7-14(13-6-5-10-17-11-13)18-16(19)15-9-8-12(2)20-15/h5-6,8-11,14H,3-4,7H2,1-2H3,(H,18,19). The average Bonchev–Trinajstić information content (AvgIpc) is 2.91. The van der Waals surface area contributed by atoms with Crippen molar-refractivity contribution in [3.63, 3.8) is 0 Å². The summed E-state index contributed by atoms with van der Waals surface area (Å²) in [4.78, 5) is 18.4. The number of hydrogen-bond acceptors (Lipinski definition) is 3. The van der Waals surface area contributed by atoms with Gasteiger partial charge in [-0.2, -0.15) is 0 Å². The average molecular weight is 288 g/mol. The van der Waals surface area contributed by atoms with E-state index in [2.05, 4.69) is 17.2 Å². The second kappa shape index (κ2) is 7.20. The Balaban J connectivity index is 2.09. The van der Waals surface area contributed by atoms with Gasteiger partial charge in [-0.1, -0.05) is 25.8 Å². The van der Waals surface area contributed by atoms with Gasteiger partial charge >= 0.3 is 0 Å². The first-order valence-electron chi connectivity index (χ1n) is 6.98. The Kier molecular flexibility index (Phi) is 5.30. The minimum absolute atomic E-state index is 0.00746. The molecule has 0 spiro atoms. The fourth-order valence-electron chi connectivity index (χ4n) is 2.10. The van der Waals surface area contributed by atoms with Gasteiger partial charge in [-0.25, -0.2) is 0 Å². The van der Waals surface area contributed by atoms with Crippen molar-refractivity contribution in [2.24, 2.45) is 0 Å². The number of hydrogen-bond donors (Lipinski definition) is 1. The number of unbranched alkanes of at least 4 members (excludes halogenated alkanes) is 1. The second-order valence-electron chi connectivity index (χ2n) is 4.86. The molecule has 1 amide bonds. The van der Waals surface area contributed by atoms with Crippen molar-refractivity contribution in [1.29, 1.82) is 0 Å². The predicted octanol–water partition coefficient (Wildman–Crippen LogP) is 4.11. The number of amides is 1. The van der Waals surface area contributed by atoms with Gasteiger partial charge in [0.05, 0.1) is 10.9 Å². The van der Waals surface area contributed by atoms with E-state index in [1.54, 1.807) is 6.20 Å². The molecular formula is C16H20N2OS. The summed E-state index contributed by atoms with van der Waals surface area (Å²) >= 11 is 1.53. The Morgan fingerprint density at radius 2 is 2.25 bits per heavy atom. The van der Waals surface area contributed by atoms with Crippen LogP contribution < -0.4 is 5.32 Å². The highest BCUT2D eigenvalue weighted by Crippen LogP contribution is 2.21. The predicted molar refractivity (Wildman–Crippen MR) is 83.0 cm³/mol. The summed E-state index contributed by atoms with van der Waals surface area (Å²) in [7, 11) is 0. The maximum Gasteiger partial charge on any atom is 0.261 e. The van der Waals surface area contributed by atoms with Crippen LogP contribution in [0.15, 0.2) is 36.7 Å². The van der Waals surface area contributed by atoms with Gasteiger partial charge in [0.1, 0.15) is 0 Å². The Morgan fingerprint density at radius 1 is 1.40 bits per heavy atom. The molecule has 4 heteroatoms. The molecule has 106 valence electrons. The molecule has 1 atom stereocenters. The van der Waals surface area contributed by atoms with E-state index in [1.165, 1.54) is 11.3 Å². The summed E-state index contributed by atoms with van der Waals surface area (Å²) in [6.45, 7) is 4.17. The lowest BCUT2D eigenvalue weighted by Crippen LogP contribution is -2.28. The van der Waals surface area contributed by atoms with Crippen LogP contribution in [0.25, 0.3) is 0 Å². The molecule has 1 N–H and O–H groups in total. The summed E-state index contributed by atoms with van der Waals surface area (Å²) in [6.07, 6.45) is 6.73. The van der Waals surface area contributed by atoms with Crippen LogP contribution in [0.5, 0.6) is 0 Å². The van der Waals surface area contributed by atoms with Gasteiger partial charge in [-0.15, -0.1) is 11.3 Å². The molecule has 0 aromatic carbocycles. The number of thiophene rings is 1. The molecule has 0 radical (unpaired) electrons. The van der Waals surface area contributed by atoms with Crippen LogP contribution in [0.1, 0.15) is 52.3 Å². The molecule has 0 aliphatic rings. The van der Waals surface area contributed by atoms with Crippen molar-refractivity contribution in [1.82, 2.24) is 10.3 Å². The summed E-state index contributed by atoms with van der Waals surface area (Å²) in [5, 5.41) is 3.13. The van der Waals surface area contributed by atoms with Crippen molar-refractivity contribution >= 4 is 17.2 Å². The molecule has 0 fully saturated rings. The first kappa shape index (κ1) is 14.7. The Hall–Kier alpha value is -1.68. The van der Waals surface area contributed by atoms with Crippen LogP contribution in [0, 0.1) is 6.92 Å². The number of pyridine rings is 1. The molecule has 0 aliphatic heterocycles.